The molecule has 9 N–H and O–H groups in total. The van der Waals surface area contributed by atoms with Crippen LogP contribution < -0.4 is 42.6 Å². The van der Waals surface area contributed by atoms with Gasteiger partial charge >= 0.3 is 0 Å². The van der Waals surface area contributed by atoms with Crippen LogP contribution in [0.4, 0.5) is 23.3 Å². The topological polar surface area (TPSA) is 245 Å². The molecule has 3 atom stereocenters. The first-order chi connectivity index (χ1) is 29.9. The Balaban J connectivity index is 0.947. The zero-order chi connectivity index (χ0) is 43.5. The van der Waals surface area contributed by atoms with Crippen LogP contribution >= 0.6 is 0 Å². The number of fused-ring (bicyclic) bond motifs is 2. The van der Waals surface area contributed by atoms with Crippen LogP contribution in [0.15, 0.2) is 85.5 Å². The van der Waals surface area contributed by atoms with Crippen LogP contribution in [0.5, 0.6) is 11.5 Å². The largest absolute Gasteiger partial charge is 0.490 e. The van der Waals surface area contributed by atoms with Gasteiger partial charge in [-0.2, -0.15) is 10.2 Å². The lowest BCUT2D eigenvalue weighted by atomic mass is 10.1. The van der Waals surface area contributed by atoms with Gasteiger partial charge in [0.2, 0.25) is 0 Å². The third kappa shape index (κ3) is 9.58. The van der Waals surface area contributed by atoms with Gasteiger partial charge in [0.25, 0.3) is 0 Å². The molecule has 8 aromatic heterocycles. The molecule has 0 radical (unpaired) electrons. The molecule has 0 aliphatic rings. The highest BCUT2D eigenvalue weighted by molar-refractivity contribution is 5.76. The molecule has 0 amide bonds. The van der Waals surface area contributed by atoms with Crippen molar-refractivity contribution in [2.45, 2.75) is 59.9 Å². The molecule has 0 saturated heterocycles. The monoisotopic (exact) mass is 834 g/mol. The molecule has 8 heterocycles. The zero-order valence-corrected chi connectivity index (χ0v) is 35.5. The predicted molar refractivity (Wildman–Crippen MR) is 239 cm³/mol. The second kappa shape index (κ2) is 17.8. The van der Waals surface area contributed by atoms with Crippen molar-refractivity contribution in [2.75, 3.05) is 30.3 Å². The Hall–Kier alpha value is -7.12. The van der Waals surface area contributed by atoms with E-state index in [2.05, 4.69) is 56.1 Å². The molecule has 0 aromatic carbocycles. The van der Waals surface area contributed by atoms with Crippen LogP contribution in [-0.2, 0) is 0 Å². The van der Waals surface area contributed by atoms with E-state index in [0.29, 0.717) is 46.4 Å². The number of ether oxygens (including phenoxy) is 2. The van der Waals surface area contributed by atoms with Gasteiger partial charge in [0, 0.05) is 83.7 Å². The fraction of sp³-hybridized carbons (Fsp3) is 0.273. The molecule has 0 bridgehead atoms. The molecule has 18 nitrogen and oxygen atoms in total. The first-order valence-electron chi connectivity index (χ1n) is 20.2. The number of aryl methyl sites for hydroxylation is 6. The maximum absolute atomic E-state index is 6.75. The van der Waals surface area contributed by atoms with Crippen LogP contribution in [-0.4, -0.2) is 87.1 Å². The lowest BCUT2D eigenvalue weighted by Crippen LogP contribution is -2.58. The van der Waals surface area contributed by atoms with Crippen molar-refractivity contribution in [3.63, 3.8) is 0 Å². The Morgan fingerprint density at radius 2 is 1.11 bits per heavy atom. The van der Waals surface area contributed by atoms with Gasteiger partial charge in [-0.1, -0.05) is 0 Å². The molecule has 0 aliphatic heterocycles. The second-order valence-electron chi connectivity index (χ2n) is 15.2. The van der Waals surface area contributed by atoms with E-state index in [-0.39, 0.29) is 25.7 Å². The lowest BCUT2D eigenvalue weighted by molar-refractivity contribution is 0.145. The summed E-state index contributed by atoms with van der Waals surface area (Å²) in [6, 6.07) is 19.3. The summed E-state index contributed by atoms with van der Waals surface area (Å²) in [6.45, 7) is 12.0. The van der Waals surface area contributed by atoms with Crippen LogP contribution in [0.2, 0.25) is 0 Å². The Bertz CT molecular complexity index is 2830. The normalized spacial score (nSPS) is 13.0. The maximum atomic E-state index is 6.75. The number of aromatic nitrogens is 10. The molecular weight excluding hydrogens is 785 g/mol. The Kier molecular flexibility index (Phi) is 12.0. The molecule has 8 aromatic rings. The van der Waals surface area contributed by atoms with Crippen molar-refractivity contribution < 1.29 is 9.47 Å². The van der Waals surface area contributed by atoms with E-state index in [4.69, 9.17) is 26.7 Å². The number of nitrogens with two attached hydrogens (primary N) is 3. The molecule has 0 fully saturated rings. The zero-order valence-electron chi connectivity index (χ0n) is 35.5. The van der Waals surface area contributed by atoms with E-state index < -0.39 is 12.3 Å². The molecule has 8 rings (SSSR count). The second-order valence-corrected chi connectivity index (χ2v) is 15.2. The summed E-state index contributed by atoms with van der Waals surface area (Å²) < 4.78 is 16.5. The number of rotatable bonds is 16. The van der Waals surface area contributed by atoms with E-state index in [1.165, 1.54) is 0 Å². The first kappa shape index (κ1) is 41.6. The number of anilines is 4. The summed E-state index contributed by atoms with van der Waals surface area (Å²) >= 11 is 0. The first-order valence-corrected chi connectivity index (χ1v) is 20.2. The number of pyridine rings is 4. The summed E-state index contributed by atoms with van der Waals surface area (Å²) in [5, 5.41) is 19.3. The summed E-state index contributed by atoms with van der Waals surface area (Å²) in [5.41, 5.74) is 28.0. The average Bonchev–Trinajstić information content (AvgIpc) is 3.83. The van der Waals surface area contributed by atoms with Gasteiger partial charge in [-0.3, -0.25) is 15.3 Å². The fourth-order valence-corrected chi connectivity index (χ4v) is 7.21. The Labute approximate surface area is 358 Å². The van der Waals surface area contributed by atoms with Crippen molar-refractivity contribution in [2.24, 2.45) is 17.2 Å². The van der Waals surface area contributed by atoms with Crippen molar-refractivity contribution in [1.82, 2.24) is 54.4 Å². The van der Waals surface area contributed by atoms with E-state index in [1.54, 1.807) is 21.4 Å². The molecule has 3 unspecified atom stereocenters. The predicted octanol–water partition coefficient (Wildman–Crippen LogP) is 5.01. The maximum Gasteiger partial charge on any atom is 0.154 e. The van der Waals surface area contributed by atoms with E-state index in [9.17, 15) is 0 Å². The van der Waals surface area contributed by atoms with Crippen LogP contribution in [0, 0.1) is 41.5 Å². The number of hydrogen-bond donors (Lipinski definition) is 6. The van der Waals surface area contributed by atoms with Gasteiger partial charge in [-0.25, -0.2) is 29.0 Å². The molecule has 0 aliphatic carbocycles. The van der Waals surface area contributed by atoms with Gasteiger partial charge in [0.1, 0.15) is 47.5 Å². The summed E-state index contributed by atoms with van der Waals surface area (Å²) in [4.78, 5) is 26.7. The third-order valence-electron chi connectivity index (χ3n) is 10.1. The minimum Gasteiger partial charge on any atom is -0.490 e. The summed E-state index contributed by atoms with van der Waals surface area (Å²) in [7, 11) is 0. The SMILES string of the molecule is Cc1cc(-c2ccn3nc(Nc4cc(C)nc(C)n4)cc3c2)c(OCC(CN)NC(N)C(CN)Oc2cnc(C)cc2-c2ccn3nc(Nc4cc(C)nc(C)n4)cc3c2)cn1. The van der Waals surface area contributed by atoms with E-state index in [1.807, 2.05) is 115 Å². The fourth-order valence-electron chi connectivity index (χ4n) is 7.21. The Morgan fingerprint density at radius 3 is 1.61 bits per heavy atom. The highest BCUT2D eigenvalue weighted by atomic mass is 16.5. The number of hydrogen-bond acceptors (Lipinski definition) is 16. The molecule has 0 saturated carbocycles. The van der Waals surface area contributed by atoms with Crippen molar-refractivity contribution >= 4 is 34.3 Å². The standard InChI is InChI=1S/C44H50N16O2/c1-24-11-35(30-7-9-59-33(15-30)17-42(57-59)55-40-13-26(3)50-28(5)52-40)38(21-48-24)61-23-32(19-45)54-44(47)37(20-46)62-39-22-49-25(2)12-36(39)31-8-10-60-34(16-31)18-43(58-60)56-41-14-27(4)51-29(6)53-41/h7-18,21-22,32,37,44,54H,19-20,23,45-47H2,1-6H3,(H,50,52,55,57)(H,51,53,56,58). The minimum absolute atomic E-state index is 0.122. The lowest BCUT2D eigenvalue weighted by Gasteiger charge is -2.29. The smallest absolute Gasteiger partial charge is 0.154 e. The van der Waals surface area contributed by atoms with Crippen LogP contribution in [0.25, 0.3) is 33.3 Å². The molecular formula is C44H50N16O2. The van der Waals surface area contributed by atoms with Crippen molar-refractivity contribution in [3.8, 4) is 33.8 Å². The Morgan fingerprint density at radius 1 is 0.597 bits per heavy atom. The van der Waals surface area contributed by atoms with Crippen LogP contribution in [0.1, 0.15) is 34.4 Å². The molecule has 62 heavy (non-hydrogen) atoms. The molecule has 0 spiro atoms. The molecule has 318 valence electrons. The van der Waals surface area contributed by atoms with Gasteiger partial charge < -0.3 is 37.3 Å². The molecule has 18 heteroatoms. The summed E-state index contributed by atoms with van der Waals surface area (Å²) in [6.07, 6.45) is 5.88. The highest BCUT2D eigenvalue weighted by Crippen LogP contribution is 2.34. The number of nitrogens with zero attached hydrogens (tertiary/aromatic N) is 10. The quantitative estimate of drug-likeness (QED) is 0.0701. The highest BCUT2D eigenvalue weighted by Gasteiger charge is 2.24. The van der Waals surface area contributed by atoms with E-state index >= 15 is 0 Å². The summed E-state index contributed by atoms with van der Waals surface area (Å²) in [5.74, 6) is 5.16. The number of nitrogens with one attached hydrogen (secondary N) is 3. The van der Waals surface area contributed by atoms with Gasteiger partial charge in [-0.05, 0) is 89.1 Å². The van der Waals surface area contributed by atoms with E-state index in [0.717, 1.165) is 56.1 Å². The van der Waals surface area contributed by atoms with Crippen molar-refractivity contribution in [1.29, 1.82) is 0 Å². The van der Waals surface area contributed by atoms with Gasteiger partial charge in [0.15, 0.2) is 11.6 Å². The minimum atomic E-state index is -0.704. The third-order valence-corrected chi connectivity index (χ3v) is 10.1. The average molecular weight is 835 g/mol. The van der Waals surface area contributed by atoms with Crippen molar-refractivity contribution in [3.05, 3.63) is 120 Å². The van der Waals surface area contributed by atoms with Crippen LogP contribution in [0.3, 0.4) is 0 Å². The van der Waals surface area contributed by atoms with Gasteiger partial charge in [-0.15, -0.1) is 0 Å². The van der Waals surface area contributed by atoms with Gasteiger partial charge in [0.05, 0.1) is 35.6 Å².